The van der Waals surface area contributed by atoms with Crippen molar-refractivity contribution in [3.8, 4) is 35.1 Å². The van der Waals surface area contributed by atoms with E-state index in [9.17, 15) is 10.5 Å². The fraction of sp³-hybridized carbons (Fsp3) is 0.471. The van der Waals surface area contributed by atoms with E-state index in [1.807, 2.05) is 48.5 Å². The lowest BCUT2D eigenvalue weighted by Crippen LogP contribution is -2.15. The van der Waals surface area contributed by atoms with Crippen LogP contribution in [0.25, 0.3) is 10.8 Å². The van der Waals surface area contributed by atoms with Gasteiger partial charge in [0.1, 0.15) is 50.1 Å². The first-order valence-electron chi connectivity index (χ1n) is 15.3. The molecule has 1 heterocycles. The Bertz CT molecular complexity index is 1320. The van der Waals surface area contributed by atoms with Gasteiger partial charge in [0.2, 0.25) is 0 Å². The van der Waals surface area contributed by atoms with Crippen LogP contribution in [0.15, 0.2) is 48.5 Å². The summed E-state index contributed by atoms with van der Waals surface area (Å²) in [6.07, 6.45) is 0. The molecule has 0 aromatic heterocycles. The third-order valence-electron chi connectivity index (χ3n) is 6.60. The molecule has 1 aliphatic heterocycles. The van der Waals surface area contributed by atoms with E-state index in [0.717, 1.165) is 22.3 Å². The lowest BCUT2D eigenvalue weighted by molar-refractivity contribution is 0.00371. The summed E-state index contributed by atoms with van der Waals surface area (Å²) in [5, 5.41) is 20.7. The van der Waals surface area contributed by atoms with E-state index in [0.29, 0.717) is 104 Å². The van der Waals surface area contributed by atoms with Gasteiger partial charge >= 0.3 is 0 Å². The number of rotatable bonds is 0. The minimum absolute atomic E-state index is 0.202. The highest BCUT2D eigenvalue weighted by Crippen LogP contribution is 2.32. The molecule has 4 bridgehead atoms. The van der Waals surface area contributed by atoms with Crippen molar-refractivity contribution in [2.75, 3.05) is 106 Å². The van der Waals surface area contributed by atoms with Gasteiger partial charge in [-0.3, -0.25) is 0 Å². The highest BCUT2D eigenvalue weighted by Gasteiger charge is 2.13. The molecular weight excluding hydrogens is 596 g/mol. The first-order valence-corrected chi connectivity index (χ1v) is 15.3. The number of nitrogens with zero attached hydrogens (tertiary/aromatic N) is 2. The van der Waals surface area contributed by atoms with Gasteiger partial charge in [0.15, 0.2) is 11.5 Å². The lowest BCUT2D eigenvalue weighted by atomic mass is 10.1. The number of benzene rings is 3. The van der Waals surface area contributed by atoms with Crippen molar-refractivity contribution >= 4 is 10.8 Å². The molecule has 3 aromatic carbocycles. The SMILES string of the molecule is N#Cc1cc2c(cc1C#N)OCCOCCOCCOCCOc1cccc3c(cccc13)OCCOCCOCCOCCO2. The van der Waals surface area contributed by atoms with Crippen LogP contribution in [0.5, 0.6) is 23.0 Å². The van der Waals surface area contributed by atoms with Crippen LogP contribution >= 0.6 is 0 Å². The zero-order chi connectivity index (χ0) is 32.1. The fourth-order valence-corrected chi connectivity index (χ4v) is 4.40. The lowest BCUT2D eigenvalue weighted by Gasteiger charge is -2.14. The number of hydrogen-bond donors (Lipinski definition) is 0. The van der Waals surface area contributed by atoms with E-state index in [4.69, 9.17) is 47.4 Å². The Morgan fingerprint density at radius 1 is 0.370 bits per heavy atom. The molecule has 1 aliphatic rings. The summed E-state index contributed by atoms with van der Waals surface area (Å²) in [7, 11) is 0. The summed E-state index contributed by atoms with van der Waals surface area (Å²) in [6.45, 7) is 5.98. The van der Waals surface area contributed by atoms with Gasteiger partial charge in [0.25, 0.3) is 0 Å². The van der Waals surface area contributed by atoms with E-state index in [1.54, 1.807) is 0 Å². The van der Waals surface area contributed by atoms with Crippen molar-refractivity contribution in [1.29, 1.82) is 10.5 Å². The third-order valence-corrected chi connectivity index (χ3v) is 6.60. The zero-order valence-electron chi connectivity index (χ0n) is 25.9. The van der Waals surface area contributed by atoms with Crippen LogP contribution in [0.4, 0.5) is 0 Å². The summed E-state index contributed by atoms with van der Waals surface area (Å²) in [4.78, 5) is 0. The zero-order valence-corrected chi connectivity index (χ0v) is 25.9. The molecule has 0 N–H and O–H groups in total. The topological polar surface area (TPSA) is 140 Å². The second-order valence-electron chi connectivity index (χ2n) is 9.74. The average molecular weight is 637 g/mol. The molecule has 246 valence electrons. The minimum Gasteiger partial charge on any atom is -0.491 e. The molecule has 0 radical (unpaired) electrons. The molecule has 0 spiro atoms. The second-order valence-corrected chi connectivity index (χ2v) is 9.74. The quantitative estimate of drug-likeness (QED) is 0.353. The van der Waals surface area contributed by atoms with Gasteiger partial charge in [-0.15, -0.1) is 0 Å². The largest absolute Gasteiger partial charge is 0.491 e. The van der Waals surface area contributed by atoms with Crippen molar-refractivity contribution in [1.82, 2.24) is 0 Å². The van der Waals surface area contributed by atoms with E-state index >= 15 is 0 Å². The smallest absolute Gasteiger partial charge is 0.162 e. The van der Waals surface area contributed by atoms with Gasteiger partial charge in [0, 0.05) is 22.9 Å². The van der Waals surface area contributed by atoms with E-state index < -0.39 is 0 Å². The predicted molar refractivity (Wildman–Crippen MR) is 167 cm³/mol. The van der Waals surface area contributed by atoms with Crippen LogP contribution < -0.4 is 18.9 Å². The van der Waals surface area contributed by atoms with Crippen molar-refractivity contribution in [3.63, 3.8) is 0 Å². The van der Waals surface area contributed by atoms with Crippen LogP contribution in [0.1, 0.15) is 11.1 Å². The summed E-state index contributed by atoms with van der Waals surface area (Å²) in [6, 6.07) is 18.8. The van der Waals surface area contributed by atoms with Crippen LogP contribution in [0.2, 0.25) is 0 Å². The van der Waals surface area contributed by atoms with Gasteiger partial charge in [0.05, 0.1) is 90.4 Å². The normalized spacial score (nSPS) is 17.6. The number of fused-ring (bicyclic) bond motifs is 1. The highest BCUT2D eigenvalue weighted by molar-refractivity contribution is 5.93. The monoisotopic (exact) mass is 636 g/mol. The minimum atomic E-state index is 0.202. The standard InChI is InChI=1S/C34H40N2O10/c35-25-27-23-33-34(24-28(27)26-36)46-22-18-42-14-10-38-8-12-40-16-20-44-32-6-2-4-30-29(32)3-1-5-31(30)43-19-15-39-11-7-37-9-13-41-17-21-45-33/h1-6,23-24H,7-22H2. The maximum absolute atomic E-state index is 9.41. The van der Waals surface area contributed by atoms with E-state index in [1.165, 1.54) is 12.1 Å². The van der Waals surface area contributed by atoms with Gasteiger partial charge in [-0.1, -0.05) is 24.3 Å². The summed E-state index contributed by atoms with van der Waals surface area (Å²) >= 11 is 0. The number of hydrogen-bond acceptors (Lipinski definition) is 12. The molecular formula is C34H40N2O10. The molecule has 0 atom stereocenters. The number of ether oxygens (including phenoxy) is 10. The Labute approximate surface area is 269 Å². The Balaban J connectivity index is 1.26. The van der Waals surface area contributed by atoms with Crippen LogP contribution in [-0.4, -0.2) is 106 Å². The van der Waals surface area contributed by atoms with Gasteiger partial charge < -0.3 is 47.4 Å². The van der Waals surface area contributed by atoms with Crippen molar-refractivity contribution in [2.24, 2.45) is 0 Å². The molecule has 3 aromatic rings. The van der Waals surface area contributed by atoms with E-state index in [-0.39, 0.29) is 24.3 Å². The summed E-state index contributed by atoms with van der Waals surface area (Å²) < 4.78 is 57.2. The Kier molecular flexibility index (Phi) is 15.7. The number of nitriles is 2. The molecule has 0 amide bonds. The van der Waals surface area contributed by atoms with Gasteiger partial charge in [-0.2, -0.15) is 10.5 Å². The van der Waals surface area contributed by atoms with Crippen molar-refractivity contribution in [2.45, 2.75) is 0 Å². The molecule has 0 aliphatic carbocycles. The Hall–Kier alpha value is -4.14. The maximum Gasteiger partial charge on any atom is 0.162 e. The van der Waals surface area contributed by atoms with Crippen LogP contribution in [0, 0.1) is 22.7 Å². The maximum atomic E-state index is 9.41. The molecule has 12 heteroatoms. The summed E-state index contributed by atoms with van der Waals surface area (Å²) in [5.74, 6) is 2.23. The molecule has 12 nitrogen and oxygen atoms in total. The second kappa shape index (κ2) is 20.8. The van der Waals surface area contributed by atoms with Crippen LogP contribution in [0.3, 0.4) is 0 Å². The summed E-state index contributed by atoms with van der Waals surface area (Å²) in [5.41, 5.74) is 0.404. The average Bonchev–Trinajstić information content (AvgIpc) is 3.08. The molecule has 0 unspecified atom stereocenters. The fourth-order valence-electron chi connectivity index (χ4n) is 4.40. The first kappa shape index (κ1) is 34.7. The Morgan fingerprint density at radius 3 is 0.957 bits per heavy atom. The van der Waals surface area contributed by atoms with Gasteiger partial charge in [-0.25, -0.2) is 0 Å². The molecule has 0 fully saturated rings. The molecule has 0 saturated carbocycles. The van der Waals surface area contributed by atoms with E-state index in [2.05, 4.69) is 0 Å². The molecule has 4 rings (SSSR count). The van der Waals surface area contributed by atoms with Crippen molar-refractivity contribution in [3.05, 3.63) is 59.7 Å². The third kappa shape index (κ3) is 11.7. The van der Waals surface area contributed by atoms with Gasteiger partial charge in [-0.05, 0) is 12.1 Å². The molecule has 0 saturated heterocycles. The van der Waals surface area contributed by atoms with Crippen molar-refractivity contribution < 1.29 is 47.4 Å². The highest BCUT2D eigenvalue weighted by atomic mass is 16.6. The molecule has 46 heavy (non-hydrogen) atoms. The predicted octanol–water partition coefficient (Wildman–Crippen LogP) is 3.91. The van der Waals surface area contributed by atoms with Crippen LogP contribution in [-0.2, 0) is 28.4 Å². The Morgan fingerprint density at radius 2 is 0.652 bits per heavy atom. The first-order chi connectivity index (χ1) is 22.8.